The zero-order chi connectivity index (χ0) is 19.3. The highest BCUT2D eigenvalue weighted by Crippen LogP contribution is 2.27. The summed E-state index contributed by atoms with van der Waals surface area (Å²) >= 11 is 3.10. The molecule has 4 aromatic rings. The Labute approximate surface area is 170 Å². The number of carbonyl (C=O) groups is 1. The van der Waals surface area contributed by atoms with Gasteiger partial charge in [0.25, 0.3) is 0 Å². The van der Waals surface area contributed by atoms with Crippen LogP contribution >= 0.6 is 23.1 Å². The van der Waals surface area contributed by atoms with Crippen LogP contribution in [0, 0.1) is 0 Å². The molecule has 1 aromatic carbocycles. The summed E-state index contributed by atoms with van der Waals surface area (Å²) in [5.74, 6) is 0.661. The fourth-order valence-electron chi connectivity index (χ4n) is 2.69. The molecule has 0 saturated carbocycles. The van der Waals surface area contributed by atoms with Crippen LogP contribution in [0.2, 0.25) is 0 Å². The third kappa shape index (κ3) is 4.37. The molecule has 3 aromatic heterocycles. The Hall–Kier alpha value is -2.78. The van der Waals surface area contributed by atoms with Crippen molar-refractivity contribution in [3.63, 3.8) is 0 Å². The number of nitrogens with zero attached hydrogens (tertiary/aromatic N) is 5. The number of thioether (sulfide) groups is 1. The maximum absolute atomic E-state index is 12.1. The van der Waals surface area contributed by atoms with Crippen LogP contribution in [0.5, 0.6) is 0 Å². The molecule has 1 amide bonds. The summed E-state index contributed by atoms with van der Waals surface area (Å²) < 4.78 is 1.73. The maximum Gasteiger partial charge on any atom is 0.227 e. The molecule has 0 aliphatic rings. The van der Waals surface area contributed by atoms with Crippen molar-refractivity contribution in [2.45, 2.75) is 23.7 Å². The first-order valence-electron chi connectivity index (χ1n) is 8.68. The summed E-state index contributed by atoms with van der Waals surface area (Å²) in [6.45, 7) is 0.530. The number of nitrogens with one attached hydrogen (secondary N) is 1. The zero-order valence-corrected chi connectivity index (χ0v) is 16.8. The van der Waals surface area contributed by atoms with Gasteiger partial charge in [0.1, 0.15) is 16.4 Å². The lowest BCUT2D eigenvalue weighted by Crippen LogP contribution is -2.24. The minimum Gasteiger partial charge on any atom is -0.352 e. The lowest BCUT2D eigenvalue weighted by Gasteiger charge is -2.03. The molecule has 1 N–H and O–H groups in total. The second kappa shape index (κ2) is 8.49. The second-order valence-corrected chi connectivity index (χ2v) is 8.05. The van der Waals surface area contributed by atoms with Gasteiger partial charge < -0.3 is 5.32 Å². The third-order valence-corrected chi connectivity index (χ3v) is 6.03. The molecule has 0 atom stereocenters. The van der Waals surface area contributed by atoms with Gasteiger partial charge in [-0.3, -0.25) is 9.48 Å². The van der Waals surface area contributed by atoms with Crippen LogP contribution in [0.15, 0.2) is 53.3 Å². The molecule has 7 nitrogen and oxygen atoms in total. The molecule has 0 saturated heterocycles. The summed E-state index contributed by atoms with van der Waals surface area (Å²) in [5, 5.41) is 11.8. The van der Waals surface area contributed by atoms with Crippen molar-refractivity contribution in [2.24, 2.45) is 7.05 Å². The molecule has 0 unspecified atom stereocenters. The van der Waals surface area contributed by atoms with Crippen LogP contribution in [-0.2, 0) is 30.6 Å². The average molecular weight is 411 g/mol. The number of carbonyl (C=O) groups excluding carboxylic acids is 1. The van der Waals surface area contributed by atoms with E-state index in [4.69, 9.17) is 0 Å². The molecule has 28 heavy (non-hydrogen) atoms. The number of amides is 1. The fraction of sp³-hybridized carbons (Fsp3) is 0.211. The Morgan fingerprint density at radius 2 is 2.11 bits per heavy atom. The van der Waals surface area contributed by atoms with Gasteiger partial charge in [0, 0.05) is 24.7 Å². The Morgan fingerprint density at radius 1 is 1.25 bits per heavy atom. The van der Waals surface area contributed by atoms with Crippen molar-refractivity contribution in [1.82, 2.24) is 30.0 Å². The maximum atomic E-state index is 12.1. The predicted octanol–water partition coefficient (Wildman–Crippen LogP) is 2.97. The van der Waals surface area contributed by atoms with Crippen LogP contribution < -0.4 is 5.32 Å². The van der Waals surface area contributed by atoms with Gasteiger partial charge >= 0.3 is 0 Å². The number of benzene rings is 1. The SMILES string of the molecule is Cn1ncc2c(SCc3csc(CC(=O)NCc4ccccc4)n3)ncnc21. The molecule has 0 fully saturated rings. The van der Waals surface area contributed by atoms with Crippen molar-refractivity contribution < 1.29 is 4.79 Å². The van der Waals surface area contributed by atoms with E-state index in [0.29, 0.717) is 18.7 Å². The van der Waals surface area contributed by atoms with Crippen molar-refractivity contribution >= 4 is 40.0 Å². The smallest absolute Gasteiger partial charge is 0.227 e. The van der Waals surface area contributed by atoms with E-state index in [1.54, 1.807) is 29.0 Å². The Balaban J connectivity index is 1.32. The van der Waals surface area contributed by atoms with E-state index >= 15 is 0 Å². The molecule has 0 aliphatic carbocycles. The van der Waals surface area contributed by atoms with E-state index in [1.165, 1.54) is 11.3 Å². The van der Waals surface area contributed by atoms with Crippen LogP contribution in [0.25, 0.3) is 11.0 Å². The fourth-order valence-corrected chi connectivity index (χ4v) is 4.44. The second-order valence-electron chi connectivity index (χ2n) is 6.14. The highest BCUT2D eigenvalue weighted by atomic mass is 32.2. The quantitative estimate of drug-likeness (QED) is 0.372. The van der Waals surface area contributed by atoms with Crippen LogP contribution in [0.4, 0.5) is 0 Å². The molecule has 0 spiro atoms. The number of hydrogen-bond acceptors (Lipinski definition) is 7. The van der Waals surface area contributed by atoms with E-state index in [2.05, 4.69) is 25.4 Å². The normalized spacial score (nSPS) is 11.0. The molecule has 142 valence electrons. The van der Waals surface area contributed by atoms with Gasteiger partial charge in [0.15, 0.2) is 5.65 Å². The summed E-state index contributed by atoms with van der Waals surface area (Å²) in [6.07, 6.45) is 3.62. The van der Waals surface area contributed by atoms with Gasteiger partial charge in [-0.2, -0.15) is 5.10 Å². The van der Waals surface area contributed by atoms with Gasteiger partial charge in [-0.15, -0.1) is 11.3 Å². The Bertz CT molecular complexity index is 1090. The number of fused-ring (bicyclic) bond motifs is 1. The lowest BCUT2D eigenvalue weighted by molar-refractivity contribution is -0.120. The molecule has 0 aliphatic heterocycles. The van der Waals surface area contributed by atoms with Gasteiger partial charge in [0.2, 0.25) is 5.91 Å². The highest BCUT2D eigenvalue weighted by Gasteiger charge is 2.11. The number of aromatic nitrogens is 5. The van der Waals surface area contributed by atoms with Gasteiger partial charge in [0.05, 0.1) is 23.7 Å². The largest absolute Gasteiger partial charge is 0.352 e. The van der Waals surface area contributed by atoms with E-state index < -0.39 is 0 Å². The molecule has 4 rings (SSSR count). The van der Waals surface area contributed by atoms with E-state index in [0.717, 1.165) is 32.3 Å². The first-order valence-corrected chi connectivity index (χ1v) is 10.5. The first-order chi connectivity index (χ1) is 13.7. The average Bonchev–Trinajstić information content (AvgIpc) is 3.32. The van der Waals surface area contributed by atoms with E-state index in [-0.39, 0.29) is 5.91 Å². The van der Waals surface area contributed by atoms with Crippen LogP contribution in [0.3, 0.4) is 0 Å². The molecule has 3 heterocycles. The zero-order valence-electron chi connectivity index (χ0n) is 15.2. The summed E-state index contributed by atoms with van der Waals surface area (Å²) in [6, 6.07) is 9.87. The lowest BCUT2D eigenvalue weighted by atomic mass is 10.2. The summed E-state index contributed by atoms with van der Waals surface area (Å²) in [4.78, 5) is 25.3. The topological polar surface area (TPSA) is 85.6 Å². The van der Waals surface area contributed by atoms with Crippen LogP contribution in [-0.4, -0.2) is 30.6 Å². The van der Waals surface area contributed by atoms with Crippen LogP contribution in [0.1, 0.15) is 16.3 Å². The molecule has 0 radical (unpaired) electrons. The van der Waals surface area contributed by atoms with Gasteiger partial charge in [-0.05, 0) is 5.56 Å². The predicted molar refractivity (Wildman–Crippen MR) is 110 cm³/mol. The van der Waals surface area contributed by atoms with Gasteiger partial charge in [-0.1, -0.05) is 42.1 Å². The van der Waals surface area contributed by atoms with E-state index in [1.807, 2.05) is 42.8 Å². The number of hydrogen-bond donors (Lipinski definition) is 1. The van der Waals surface area contributed by atoms with Crippen molar-refractivity contribution in [3.8, 4) is 0 Å². The standard InChI is InChI=1S/C19H18N6OS2/c1-25-18-15(9-23-25)19(22-12-21-18)28-11-14-10-27-17(24-14)7-16(26)20-8-13-5-3-2-4-6-13/h2-6,9-10,12H,7-8,11H2,1H3,(H,20,26). The summed E-state index contributed by atoms with van der Waals surface area (Å²) in [5.41, 5.74) is 2.83. The molecular formula is C19H18N6OS2. The number of thiazole rings is 1. The third-order valence-electron chi connectivity index (χ3n) is 4.09. The molecule has 0 bridgehead atoms. The Morgan fingerprint density at radius 3 is 2.96 bits per heavy atom. The highest BCUT2D eigenvalue weighted by molar-refractivity contribution is 7.98. The van der Waals surface area contributed by atoms with Crippen molar-refractivity contribution in [3.05, 3.63) is 64.5 Å². The first kappa shape index (κ1) is 18.6. The minimum absolute atomic E-state index is 0.0229. The van der Waals surface area contributed by atoms with Gasteiger partial charge in [-0.25, -0.2) is 15.0 Å². The number of aryl methyl sites for hydroxylation is 1. The van der Waals surface area contributed by atoms with Crippen molar-refractivity contribution in [1.29, 1.82) is 0 Å². The molecule has 9 heteroatoms. The van der Waals surface area contributed by atoms with Crippen molar-refractivity contribution in [2.75, 3.05) is 0 Å². The minimum atomic E-state index is -0.0229. The van der Waals surface area contributed by atoms with E-state index in [9.17, 15) is 4.79 Å². The number of rotatable bonds is 7. The summed E-state index contributed by atoms with van der Waals surface area (Å²) in [7, 11) is 1.86. The monoisotopic (exact) mass is 410 g/mol. The molecular weight excluding hydrogens is 392 g/mol. The Kier molecular flexibility index (Phi) is 5.63.